The molecule has 1 amide bonds. The molecule has 1 heterocycles. The van der Waals surface area contributed by atoms with E-state index in [4.69, 9.17) is 0 Å². The third-order valence-corrected chi connectivity index (χ3v) is 4.19. The average molecular weight is 368 g/mol. The van der Waals surface area contributed by atoms with Gasteiger partial charge in [-0.25, -0.2) is 4.39 Å². The highest BCUT2D eigenvalue weighted by atomic mass is 19.4. The molecule has 0 N–H and O–H groups in total. The lowest BCUT2D eigenvalue weighted by Crippen LogP contribution is -2.37. The van der Waals surface area contributed by atoms with Gasteiger partial charge in [0, 0.05) is 24.8 Å². The number of amides is 1. The number of hydrogen-bond acceptors (Lipinski definition) is 2. The van der Waals surface area contributed by atoms with Crippen LogP contribution in [0.25, 0.3) is 0 Å². The summed E-state index contributed by atoms with van der Waals surface area (Å²) >= 11 is 0. The number of benzene rings is 1. The first kappa shape index (κ1) is 18.2. The van der Waals surface area contributed by atoms with Crippen LogP contribution in [0.15, 0.2) is 47.4 Å². The van der Waals surface area contributed by atoms with Crippen molar-refractivity contribution >= 4 is 5.91 Å². The van der Waals surface area contributed by atoms with Crippen molar-refractivity contribution in [1.82, 2.24) is 9.47 Å². The van der Waals surface area contributed by atoms with Crippen LogP contribution in [0.2, 0.25) is 0 Å². The fourth-order valence-corrected chi connectivity index (χ4v) is 2.65. The number of aromatic nitrogens is 1. The van der Waals surface area contributed by atoms with Gasteiger partial charge in [0.15, 0.2) is 0 Å². The van der Waals surface area contributed by atoms with Gasteiger partial charge < -0.3 is 9.47 Å². The van der Waals surface area contributed by atoms with Crippen LogP contribution in [-0.4, -0.2) is 21.4 Å². The van der Waals surface area contributed by atoms with Crippen LogP contribution in [0.5, 0.6) is 0 Å². The van der Waals surface area contributed by atoms with Crippen LogP contribution in [0.3, 0.4) is 0 Å². The summed E-state index contributed by atoms with van der Waals surface area (Å²) < 4.78 is 52.2. The minimum atomic E-state index is -4.59. The summed E-state index contributed by atoms with van der Waals surface area (Å²) in [6.07, 6.45) is -2.35. The van der Waals surface area contributed by atoms with E-state index in [-0.39, 0.29) is 12.6 Å². The molecule has 0 atom stereocenters. The summed E-state index contributed by atoms with van der Waals surface area (Å²) in [5.74, 6) is -0.841. The maximum atomic E-state index is 13.0. The Balaban J connectivity index is 1.78. The smallest absolute Gasteiger partial charge is 0.334 e. The van der Waals surface area contributed by atoms with Crippen molar-refractivity contribution in [3.05, 3.63) is 69.9 Å². The van der Waals surface area contributed by atoms with Crippen molar-refractivity contribution in [1.29, 1.82) is 0 Å². The third kappa shape index (κ3) is 4.30. The van der Waals surface area contributed by atoms with Crippen molar-refractivity contribution in [3.8, 4) is 0 Å². The molecule has 0 aliphatic heterocycles. The lowest BCUT2D eigenvalue weighted by Gasteiger charge is -2.23. The van der Waals surface area contributed by atoms with Crippen LogP contribution >= 0.6 is 0 Å². The summed E-state index contributed by atoms with van der Waals surface area (Å²) in [5, 5.41) is 0. The number of pyridine rings is 1. The number of rotatable bonds is 5. The first-order valence-electron chi connectivity index (χ1n) is 8.05. The number of hydrogen-bond donors (Lipinski definition) is 0. The fourth-order valence-electron chi connectivity index (χ4n) is 2.65. The summed E-state index contributed by atoms with van der Waals surface area (Å²) in [6.45, 7) is -0.252. The van der Waals surface area contributed by atoms with Gasteiger partial charge in [0.05, 0.1) is 5.56 Å². The maximum absolute atomic E-state index is 13.0. The fraction of sp³-hybridized carbons (Fsp3) is 0.333. The second-order valence-electron chi connectivity index (χ2n) is 6.26. The van der Waals surface area contributed by atoms with Gasteiger partial charge in [-0.05, 0) is 36.6 Å². The summed E-state index contributed by atoms with van der Waals surface area (Å²) in [6, 6.07) is 7.15. The molecule has 2 aromatic rings. The molecule has 1 aromatic heterocycles. The number of halogens is 4. The molecule has 1 fully saturated rings. The largest absolute Gasteiger partial charge is 0.417 e. The Morgan fingerprint density at radius 1 is 1.12 bits per heavy atom. The number of alkyl halides is 3. The molecule has 8 heteroatoms. The molecule has 3 rings (SSSR count). The number of carbonyl (C=O) groups excluding carboxylic acids is 1. The lowest BCUT2D eigenvalue weighted by atomic mass is 10.2. The van der Waals surface area contributed by atoms with Gasteiger partial charge in [0.2, 0.25) is 5.91 Å². The van der Waals surface area contributed by atoms with Crippen molar-refractivity contribution in [2.24, 2.45) is 0 Å². The lowest BCUT2D eigenvalue weighted by molar-refractivity contribution is -0.139. The van der Waals surface area contributed by atoms with Gasteiger partial charge in [0.1, 0.15) is 12.4 Å². The third-order valence-electron chi connectivity index (χ3n) is 4.19. The van der Waals surface area contributed by atoms with E-state index >= 15 is 0 Å². The molecule has 0 saturated heterocycles. The molecule has 1 aromatic carbocycles. The van der Waals surface area contributed by atoms with Crippen LogP contribution in [0.1, 0.15) is 24.0 Å². The van der Waals surface area contributed by atoms with E-state index in [1.807, 2.05) is 0 Å². The van der Waals surface area contributed by atoms with Crippen LogP contribution in [0.4, 0.5) is 17.6 Å². The molecular weight excluding hydrogens is 352 g/mol. The summed E-state index contributed by atoms with van der Waals surface area (Å²) in [4.78, 5) is 25.9. The molecule has 0 spiro atoms. The Bertz CT molecular complexity index is 855. The van der Waals surface area contributed by atoms with E-state index in [0.717, 1.165) is 23.5 Å². The highest BCUT2D eigenvalue weighted by Crippen LogP contribution is 2.30. The zero-order chi connectivity index (χ0) is 18.9. The van der Waals surface area contributed by atoms with Crippen LogP contribution in [-0.2, 0) is 24.1 Å². The van der Waals surface area contributed by atoms with Gasteiger partial charge in [0.25, 0.3) is 5.56 Å². The molecule has 26 heavy (non-hydrogen) atoms. The molecule has 1 saturated carbocycles. The Morgan fingerprint density at radius 3 is 2.35 bits per heavy atom. The van der Waals surface area contributed by atoms with Gasteiger partial charge in [-0.2, -0.15) is 13.2 Å². The van der Waals surface area contributed by atoms with Gasteiger partial charge >= 0.3 is 6.18 Å². The van der Waals surface area contributed by atoms with E-state index in [9.17, 15) is 27.2 Å². The maximum Gasteiger partial charge on any atom is 0.417 e. The van der Waals surface area contributed by atoms with Crippen LogP contribution < -0.4 is 5.56 Å². The summed E-state index contributed by atoms with van der Waals surface area (Å²) in [7, 11) is 0. The minimum Gasteiger partial charge on any atom is -0.334 e. The van der Waals surface area contributed by atoms with Gasteiger partial charge in [-0.15, -0.1) is 0 Å². The summed E-state index contributed by atoms with van der Waals surface area (Å²) in [5.41, 5.74) is -0.951. The van der Waals surface area contributed by atoms with E-state index in [2.05, 4.69) is 0 Å². The second-order valence-corrected chi connectivity index (χ2v) is 6.26. The van der Waals surface area contributed by atoms with E-state index in [1.165, 1.54) is 17.0 Å². The second kappa shape index (κ2) is 6.93. The SMILES string of the molecule is O=C(Cn1cc(C(F)(F)F)ccc1=O)N(Cc1ccc(F)cc1)C1CC1. The number of nitrogens with zero attached hydrogens (tertiary/aromatic N) is 2. The topological polar surface area (TPSA) is 42.3 Å². The molecule has 138 valence electrons. The van der Waals surface area contributed by atoms with E-state index in [1.54, 1.807) is 12.1 Å². The molecule has 0 radical (unpaired) electrons. The van der Waals surface area contributed by atoms with Crippen molar-refractivity contribution in [3.63, 3.8) is 0 Å². The first-order valence-corrected chi connectivity index (χ1v) is 8.05. The predicted octanol–water partition coefficient (Wildman–Crippen LogP) is 3.20. The van der Waals surface area contributed by atoms with E-state index in [0.29, 0.717) is 17.8 Å². The van der Waals surface area contributed by atoms with Crippen molar-refractivity contribution in [2.45, 2.75) is 38.1 Å². The normalized spacial score (nSPS) is 14.3. The molecule has 1 aliphatic rings. The minimum absolute atomic E-state index is 0.00551. The Labute approximate surface area is 146 Å². The molecular formula is C18H16F4N2O2. The Morgan fingerprint density at radius 2 is 1.77 bits per heavy atom. The molecule has 4 nitrogen and oxygen atoms in total. The number of carbonyl (C=O) groups is 1. The van der Waals surface area contributed by atoms with Crippen molar-refractivity contribution in [2.75, 3.05) is 0 Å². The Hall–Kier alpha value is -2.64. The molecule has 0 unspecified atom stereocenters. The average Bonchev–Trinajstić information content (AvgIpc) is 3.40. The standard InChI is InChI=1S/C18H16F4N2O2/c19-14-4-1-12(2-5-14)9-24(15-6-7-15)17(26)11-23-10-13(18(20,21)22)3-8-16(23)25/h1-5,8,10,15H,6-7,9,11H2. The van der Waals surface area contributed by atoms with E-state index < -0.39 is 35.6 Å². The predicted molar refractivity (Wildman–Crippen MR) is 85.7 cm³/mol. The first-order chi connectivity index (χ1) is 12.2. The molecule has 0 bridgehead atoms. The van der Waals surface area contributed by atoms with Gasteiger partial charge in [-0.3, -0.25) is 9.59 Å². The zero-order valence-corrected chi connectivity index (χ0v) is 13.7. The quantitative estimate of drug-likeness (QED) is 0.761. The monoisotopic (exact) mass is 368 g/mol. The van der Waals surface area contributed by atoms with Crippen molar-refractivity contribution < 1.29 is 22.4 Å². The molecule has 1 aliphatic carbocycles. The Kier molecular flexibility index (Phi) is 4.84. The zero-order valence-electron chi connectivity index (χ0n) is 13.7. The highest BCUT2D eigenvalue weighted by molar-refractivity contribution is 5.76. The van der Waals surface area contributed by atoms with Crippen LogP contribution in [0, 0.1) is 5.82 Å². The highest BCUT2D eigenvalue weighted by Gasteiger charge is 2.34. The van der Waals surface area contributed by atoms with Gasteiger partial charge in [-0.1, -0.05) is 12.1 Å².